The van der Waals surface area contributed by atoms with Crippen LogP contribution in [0.1, 0.15) is 21.5 Å². The number of amides is 1. The third-order valence-corrected chi connectivity index (χ3v) is 3.09. The third-order valence-electron chi connectivity index (χ3n) is 3.09. The summed E-state index contributed by atoms with van der Waals surface area (Å²) >= 11 is 0. The molecular weight excluding hydrogens is 280 g/mol. The third kappa shape index (κ3) is 3.20. The predicted molar refractivity (Wildman–Crippen MR) is 83.9 cm³/mol. The van der Waals surface area contributed by atoms with E-state index in [1.54, 1.807) is 48.5 Å². The van der Waals surface area contributed by atoms with Crippen molar-refractivity contribution in [1.82, 2.24) is 5.32 Å². The fraction of sp³-hybridized carbons (Fsp3) is 0.118. The highest BCUT2D eigenvalue weighted by Gasteiger charge is 2.21. The zero-order valence-corrected chi connectivity index (χ0v) is 12.4. The van der Waals surface area contributed by atoms with E-state index in [4.69, 9.17) is 4.84 Å². The van der Waals surface area contributed by atoms with E-state index in [0.29, 0.717) is 16.7 Å². The van der Waals surface area contributed by atoms with Gasteiger partial charge in [0.25, 0.3) is 5.91 Å². The van der Waals surface area contributed by atoms with Crippen LogP contribution in [0.3, 0.4) is 0 Å². The van der Waals surface area contributed by atoms with Crippen molar-refractivity contribution in [2.75, 3.05) is 14.2 Å². The van der Waals surface area contributed by atoms with Gasteiger partial charge in [-0.05, 0) is 0 Å². The molecule has 0 aliphatic heterocycles. The first kappa shape index (κ1) is 15.4. The molecular formula is C17H16N2O3. The molecule has 1 N–H and O–H groups in total. The Balaban J connectivity index is 2.53. The Bertz CT molecular complexity index is 709. The minimum absolute atomic E-state index is 0.0601. The van der Waals surface area contributed by atoms with E-state index in [-0.39, 0.29) is 11.5 Å². The molecule has 5 nitrogen and oxygen atoms in total. The number of hydrogen-bond donors (Lipinski definition) is 1. The first-order valence-corrected chi connectivity index (χ1v) is 6.71. The van der Waals surface area contributed by atoms with Crippen molar-refractivity contribution >= 4 is 17.4 Å². The Hall–Kier alpha value is -2.95. The first-order valence-electron chi connectivity index (χ1n) is 6.71. The molecule has 0 bridgehead atoms. The molecule has 0 aliphatic rings. The minimum atomic E-state index is -0.421. The van der Waals surface area contributed by atoms with Gasteiger partial charge in [0.1, 0.15) is 7.11 Å². The number of likely N-dealkylation sites (N-methyl/N-ethyl adjacent to an activating group) is 1. The molecule has 0 heterocycles. The van der Waals surface area contributed by atoms with Gasteiger partial charge < -0.3 is 10.2 Å². The van der Waals surface area contributed by atoms with Crippen molar-refractivity contribution in [1.29, 1.82) is 0 Å². The van der Waals surface area contributed by atoms with Crippen LogP contribution in [0.15, 0.2) is 59.8 Å². The molecule has 5 heteroatoms. The van der Waals surface area contributed by atoms with Crippen LogP contribution in [0, 0.1) is 0 Å². The Morgan fingerprint density at radius 1 is 0.955 bits per heavy atom. The summed E-state index contributed by atoms with van der Waals surface area (Å²) in [5.74, 6) is -0.598. The lowest BCUT2D eigenvalue weighted by atomic mass is 9.95. The van der Waals surface area contributed by atoms with E-state index < -0.39 is 5.91 Å². The van der Waals surface area contributed by atoms with Crippen molar-refractivity contribution in [3.05, 3.63) is 71.3 Å². The van der Waals surface area contributed by atoms with Gasteiger partial charge in [-0.2, -0.15) is 0 Å². The molecule has 2 aromatic rings. The van der Waals surface area contributed by atoms with E-state index in [2.05, 4.69) is 10.5 Å². The second-order valence-corrected chi connectivity index (χ2v) is 4.44. The lowest BCUT2D eigenvalue weighted by Gasteiger charge is -2.10. The van der Waals surface area contributed by atoms with Crippen LogP contribution < -0.4 is 5.32 Å². The Labute approximate surface area is 128 Å². The van der Waals surface area contributed by atoms with Crippen molar-refractivity contribution in [3.63, 3.8) is 0 Å². The van der Waals surface area contributed by atoms with E-state index >= 15 is 0 Å². The van der Waals surface area contributed by atoms with Crippen LogP contribution in [0.4, 0.5) is 0 Å². The van der Waals surface area contributed by atoms with Crippen LogP contribution in [-0.2, 0) is 9.63 Å². The number of ketones is 1. The molecule has 0 aromatic heterocycles. The van der Waals surface area contributed by atoms with Gasteiger partial charge in [-0.3, -0.25) is 9.59 Å². The molecule has 112 valence electrons. The van der Waals surface area contributed by atoms with Gasteiger partial charge in [0.2, 0.25) is 0 Å². The van der Waals surface area contributed by atoms with Crippen molar-refractivity contribution in [2.45, 2.75) is 0 Å². The standard InChI is InChI=1S/C17H16N2O3/c1-18-17(21)15(19-22-2)13-10-6-7-11-14(13)16(20)12-8-4-3-5-9-12/h3-11H,1-2H3,(H,18,21)/b19-15+. The Morgan fingerprint density at radius 3 is 2.14 bits per heavy atom. The normalized spacial score (nSPS) is 10.9. The molecule has 0 fully saturated rings. The summed E-state index contributed by atoms with van der Waals surface area (Å²) in [4.78, 5) is 29.4. The fourth-order valence-corrected chi connectivity index (χ4v) is 2.06. The van der Waals surface area contributed by atoms with Crippen molar-refractivity contribution in [2.24, 2.45) is 5.16 Å². The van der Waals surface area contributed by atoms with Crippen LogP contribution in [-0.4, -0.2) is 31.6 Å². The second kappa shape index (κ2) is 7.17. The van der Waals surface area contributed by atoms with Crippen LogP contribution in [0.2, 0.25) is 0 Å². The number of hydrogen-bond acceptors (Lipinski definition) is 4. The maximum atomic E-state index is 12.7. The molecule has 2 rings (SSSR count). The summed E-state index contributed by atoms with van der Waals surface area (Å²) in [6, 6.07) is 15.7. The highest BCUT2D eigenvalue weighted by molar-refractivity contribution is 6.46. The summed E-state index contributed by atoms with van der Waals surface area (Å²) in [6.07, 6.45) is 0. The molecule has 2 aromatic carbocycles. The van der Waals surface area contributed by atoms with Gasteiger partial charge in [0, 0.05) is 23.7 Å². The quantitative estimate of drug-likeness (QED) is 0.521. The Kier molecular flexibility index (Phi) is 5.03. The maximum absolute atomic E-state index is 12.7. The van der Waals surface area contributed by atoms with E-state index in [9.17, 15) is 9.59 Å². The number of nitrogens with zero attached hydrogens (tertiary/aromatic N) is 1. The monoisotopic (exact) mass is 296 g/mol. The van der Waals surface area contributed by atoms with E-state index in [1.807, 2.05) is 6.07 Å². The van der Waals surface area contributed by atoms with E-state index in [1.165, 1.54) is 14.2 Å². The summed E-state index contributed by atoms with van der Waals surface area (Å²) in [7, 11) is 2.85. The first-order chi connectivity index (χ1) is 10.7. The zero-order valence-electron chi connectivity index (χ0n) is 12.4. The van der Waals surface area contributed by atoms with Gasteiger partial charge in [0.05, 0.1) is 0 Å². The summed E-state index contributed by atoms with van der Waals surface area (Å²) in [6.45, 7) is 0. The number of rotatable bonds is 5. The highest BCUT2D eigenvalue weighted by atomic mass is 16.6. The lowest BCUT2D eigenvalue weighted by molar-refractivity contribution is -0.114. The molecule has 0 saturated carbocycles. The number of nitrogens with one attached hydrogen (secondary N) is 1. The summed E-state index contributed by atoms with van der Waals surface area (Å²) < 4.78 is 0. The van der Waals surface area contributed by atoms with Crippen LogP contribution >= 0.6 is 0 Å². The molecule has 0 spiro atoms. The maximum Gasteiger partial charge on any atom is 0.273 e. The smallest absolute Gasteiger partial charge is 0.273 e. The molecule has 1 amide bonds. The number of oxime groups is 1. The fourth-order valence-electron chi connectivity index (χ4n) is 2.06. The molecule has 0 unspecified atom stereocenters. The average molecular weight is 296 g/mol. The van der Waals surface area contributed by atoms with E-state index in [0.717, 1.165) is 0 Å². The summed E-state index contributed by atoms with van der Waals surface area (Å²) in [5.41, 5.74) is 1.43. The molecule has 0 aliphatic carbocycles. The number of benzene rings is 2. The predicted octanol–water partition coefficient (Wildman–Crippen LogP) is 2.01. The molecule has 0 atom stereocenters. The minimum Gasteiger partial charge on any atom is -0.398 e. The lowest BCUT2D eigenvalue weighted by Crippen LogP contribution is -2.30. The van der Waals surface area contributed by atoms with Gasteiger partial charge >= 0.3 is 0 Å². The Morgan fingerprint density at radius 2 is 1.55 bits per heavy atom. The van der Waals surface area contributed by atoms with Gasteiger partial charge in [-0.15, -0.1) is 0 Å². The number of carbonyl (C=O) groups excluding carboxylic acids is 2. The molecule has 0 radical (unpaired) electrons. The van der Waals surface area contributed by atoms with Gasteiger partial charge in [-0.25, -0.2) is 0 Å². The largest absolute Gasteiger partial charge is 0.398 e. The highest BCUT2D eigenvalue weighted by Crippen LogP contribution is 2.16. The average Bonchev–Trinajstić information content (AvgIpc) is 2.59. The molecule has 0 saturated heterocycles. The van der Waals surface area contributed by atoms with Crippen molar-refractivity contribution < 1.29 is 14.4 Å². The van der Waals surface area contributed by atoms with Gasteiger partial charge in [-0.1, -0.05) is 59.8 Å². The number of carbonyl (C=O) groups is 2. The van der Waals surface area contributed by atoms with Gasteiger partial charge in [0.15, 0.2) is 11.5 Å². The molecule has 22 heavy (non-hydrogen) atoms. The van der Waals surface area contributed by atoms with Crippen molar-refractivity contribution in [3.8, 4) is 0 Å². The SMILES string of the molecule is CNC(=O)/C(=N/OC)c1ccccc1C(=O)c1ccccc1. The van der Waals surface area contributed by atoms with Crippen LogP contribution in [0.5, 0.6) is 0 Å². The summed E-state index contributed by atoms with van der Waals surface area (Å²) in [5, 5.41) is 6.25. The topological polar surface area (TPSA) is 67.8 Å². The zero-order chi connectivity index (χ0) is 15.9. The second-order valence-electron chi connectivity index (χ2n) is 4.44. The van der Waals surface area contributed by atoms with Crippen LogP contribution in [0.25, 0.3) is 0 Å².